The molecule has 2 amide bonds. The van der Waals surface area contributed by atoms with Gasteiger partial charge in [-0.15, -0.1) is 0 Å². The van der Waals surface area contributed by atoms with Gasteiger partial charge in [0.25, 0.3) is 0 Å². The van der Waals surface area contributed by atoms with Crippen molar-refractivity contribution in [2.24, 2.45) is 5.92 Å². The molecule has 1 fully saturated rings. The fourth-order valence-electron chi connectivity index (χ4n) is 2.77. The van der Waals surface area contributed by atoms with Crippen LogP contribution in [-0.4, -0.2) is 23.1 Å². The average molecular weight is 290 g/mol. The van der Waals surface area contributed by atoms with E-state index in [4.69, 9.17) is 5.11 Å². The van der Waals surface area contributed by atoms with Gasteiger partial charge in [0, 0.05) is 11.7 Å². The highest BCUT2D eigenvalue weighted by Crippen LogP contribution is 2.24. The Bertz CT molecular complexity index is 516. The first-order valence-electron chi connectivity index (χ1n) is 7.47. The molecule has 114 valence electrons. The Balaban J connectivity index is 1.87. The van der Waals surface area contributed by atoms with E-state index < -0.39 is 5.97 Å². The third kappa shape index (κ3) is 4.48. The Kier molecular flexibility index (Phi) is 5.20. The van der Waals surface area contributed by atoms with Crippen molar-refractivity contribution < 1.29 is 14.7 Å². The minimum atomic E-state index is -0.766. The summed E-state index contributed by atoms with van der Waals surface area (Å²) >= 11 is 0. The number of aliphatic carboxylic acids is 1. The standard InChI is InChI=1S/C16H22N2O3/c1-2-11-5-3-7-13(9-11)17-16(21)18-14-8-4-6-12(10-14)15(19)20/h3,5,7,9,12,14H,2,4,6,8,10H2,1H3,(H,19,20)(H2,17,18,21). The minimum absolute atomic E-state index is 0.0609. The largest absolute Gasteiger partial charge is 0.481 e. The smallest absolute Gasteiger partial charge is 0.319 e. The van der Waals surface area contributed by atoms with Crippen LogP contribution in [0.25, 0.3) is 0 Å². The summed E-state index contributed by atoms with van der Waals surface area (Å²) in [7, 11) is 0. The van der Waals surface area contributed by atoms with Crippen LogP contribution in [0.2, 0.25) is 0 Å². The van der Waals surface area contributed by atoms with Gasteiger partial charge in [0.15, 0.2) is 0 Å². The van der Waals surface area contributed by atoms with Crippen molar-refractivity contribution in [2.75, 3.05) is 5.32 Å². The number of hydrogen-bond acceptors (Lipinski definition) is 2. The van der Waals surface area contributed by atoms with E-state index in [1.54, 1.807) is 0 Å². The fraction of sp³-hybridized carbons (Fsp3) is 0.500. The molecule has 2 unspecified atom stereocenters. The molecule has 1 aliphatic carbocycles. The molecule has 0 spiro atoms. The Labute approximate surface area is 124 Å². The second-order valence-corrected chi connectivity index (χ2v) is 5.55. The molecule has 2 rings (SSSR count). The van der Waals surface area contributed by atoms with Gasteiger partial charge in [0.2, 0.25) is 0 Å². The highest BCUT2D eigenvalue weighted by atomic mass is 16.4. The Morgan fingerprint density at radius 1 is 1.33 bits per heavy atom. The van der Waals surface area contributed by atoms with Gasteiger partial charge in [-0.3, -0.25) is 4.79 Å². The van der Waals surface area contributed by atoms with E-state index in [0.717, 1.165) is 30.5 Å². The molecule has 5 heteroatoms. The Morgan fingerprint density at radius 3 is 2.86 bits per heavy atom. The molecule has 2 atom stereocenters. The van der Waals surface area contributed by atoms with Gasteiger partial charge in [-0.2, -0.15) is 0 Å². The second-order valence-electron chi connectivity index (χ2n) is 5.55. The number of urea groups is 1. The van der Waals surface area contributed by atoms with Crippen molar-refractivity contribution in [3.63, 3.8) is 0 Å². The molecule has 1 aliphatic rings. The maximum absolute atomic E-state index is 12.0. The van der Waals surface area contributed by atoms with E-state index in [-0.39, 0.29) is 18.0 Å². The van der Waals surface area contributed by atoms with Crippen LogP contribution >= 0.6 is 0 Å². The SMILES string of the molecule is CCc1cccc(NC(=O)NC2CCCC(C(=O)O)C2)c1. The van der Waals surface area contributed by atoms with Crippen LogP contribution < -0.4 is 10.6 Å². The van der Waals surface area contributed by atoms with Crippen LogP contribution in [0.5, 0.6) is 0 Å². The first kappa shape index (κ1) is 15.4. The third-order valence-corrected chi connectivity index (χ3v) is 3.95. The predicted octanol–water partition coefficient (Wildman–Crippen LogP) is 3.01. The number of carbonyl (C=O) groups is 2. The Hall–Kier alpha value is -2.04. The summed E-state index contributed by atoms with van der Waals surface area (Å²) in [5.41, 5.74) is 1.92. The molecule has 21 heavy (non-hydrogen) atoms. The van der Waals surface area contributed by atoms with Crippen LogP contribution in [0.4, 0.5) is 10.5 Å². The molecule has 0 heterocycles. The zero-order valence-electron chi connectivity index (χ0n) is 12.3. The summed E-state index contributed by atoms with van der Waals surface area (Å²) in [6.07, 6.45) is 3.81. The van der Waals surface area contributed by atoms with Gasteiger partial charge in [-0.25, -0.2) is 4.79 Å². The summed E-state index contributed by atoms with van der Waals surface area (Å²) in [5.74, 6) is -1.11. The normalized spacial score (nSPS) is 21.6. The molecule has 1 aromatic rings. The van der Waals surface area contributed by atoms with Crippen molar-refractivity contribution >= 4 is 17.7 Å². The second kappa shape index (κ2) is 7.11. The number of benzene rings is 1. The van der Waals surface area contributed by atoms with Gasteiger partial charge >= 0.3 is 12.0 Å². The number of amides is 2. The van der Waals surface area contributed by atoms with Crippen molar-refractivity contribution in [1.82, 2.24) is 5.32 Å². The summed E-state index contributed by atoms with van der Waals surface area (Å²) < 4.78 is 0. The quantitative estimate of drug-likeness (QED) is 0.797. The van der Waals surface area contributed by atoms with Gasteiger partial charge in [0.05, 0.1) is 5.92 Å². The highest BCUT2D eigenvalue weighted by Gasteiger charge is 2.27. The number of nitrogens with one attached hydrogen (secondary N) is 2. The molecule has 0 aliphatic heterocycles. The summed E-state index contributed by atoms with van der Waals surface area (Å²) in [5, 5.41) is 14.7. The van der Waals surface area contributed by atoms with Crippen molar-refractivity contribution in [3.8, 4) is 0 Å². The van der Waals surface area contributed by atoms with Gasteiger partial charge in [-0.1, -0.05) is 25.5 Å². The Morgan fingerprint density at radius 2 is 2.14 bits per heavy atom. The summed E-state index contributed by atoms with van der Waals surface area (Å²) in [6, 6.07) is 7.39. The topological polar surface area (TPSA) is 78.4 Å². The minimum Gasteiger partial charge on any atom is -0.481 e. The van der Waals surface area contributed by atoms with E-state index in [0.29, 0.717) is 12.8 Å². The predicted molar refractivity (Wildman–Crippen MR) is 81.4 cm³/mol. The maximum atomic E-state index is 12.0. The lowest BCUT2D eigenvalue weighted by atomic mass is 9.86. The molecule has 0 aromatic heterocycles. The van der Waals surface area contributed by atoms with Gasteiger partial charge < -0.3 is 15.7 Å². The van der Waals surface area contributed by atoms with E-state index >= 15 is 0 Å². The van der Waals surface area contributed by atoms with Crippen LogP contribution in [0.3, 0.4) is 0 Å². The lowest BCUT2D eigenvalue weighted by Crippen LogP contribution is -2.42. The van der Waals surface area contributed by atoms with Crippen LogP contribution in [0.15, 0.2) is 24.3 Å². The molecule has 1 saturated carbocycles. The van der Waals surface area contributed by atoms with E-state index in [2.05, 4.69) is 17.6 Å². The van der Waals surface area contributed by atoms with Crippen LogP contribution in [-0.2, 0) is 11.2 Å². The third-order valence-electron chi connectivity index (χ3n) is 3.95. The summed E-state index contributed by atoms with van der Waals surface area (Å²) in [6.45, 7) is 2.06. The number of carboxylic acid groups (broad SMARTS) is 1. The maximum Gasteiger partial charge on any atom is 0.319 e. The lowest BCUT2D eigenvalue weighted by Gasteiger charge is -2.27. The molecule has 5 nitrogen and oxygen atoms in total. The van der Waals surface area contributed by atoms with Crippen LogP contribution in [0, 0.1) is 5.92 Å². The monoisotopic (exact) mass is 290 g/mol. The molecular weight excluding hydrogens is 268 g/mol. The highest BCUT2D eigenvalue weighted by molar-refractivity contribution is 5.89. The van der Waals surface area contributed by atoms with Gasteiger partial charge in [0.1, 0.15) is 0 Å². The van der Waals surface area contributed by atoms with Crippen LogP contribution in [0.1, 0.15) is 38.2 Å². The van der Waals surface area contributed by atoms with Crippen molar-refractivity contribution in [3.05, 3.63) is 29.8 Å². The molecule has 0 bridgehead atoms. The molecule has 0 radical (unpaired) electrons. The fourth-order valence-corrected chi connectivity index (χ4v) is 2.77. The summed E-state index contributed by atoms with van der Waals surface area (Å²) in [4.78, 5) is 23.0. The number of carboxylic acids is 1. The molecular formula is C16H22N2O3. The number of aryl methyl sites for hydroxylation is 1. The number of rotatable bonds is 4. The van der Waals surface area contributed by atoms with E-state index in [9.17, 15) is 9.59 Å². The molecule has 0 saturated heterocycles. The number of carbonyl (C=O) groups excluding carboxylic acids is 1. The van der Waals surface area contributed by atoms with Crippen molar-refractivity contribution in [2.45, 2.75) is 45.1 Å². The lowest BCUT2D eigenvalue weighted by molar-refractivity contribution is -0.143. The zero-order chi connectivity index (χ0) is 15.2. The van der Waals surface area contributed by atoms with Crippen molar-refractivity contribution in [1.29, 1.82) is 0 Å². The van der Waals surface area contributed by atoms with Gasteiger partial charge in [-0.05, 0) is 43.4 Å². The number of anilines is 1. The molecule has 3 N–H and O–H groups in total. The zero-order valence-corrected chi connectivity index (χ0v) is 12.3. The van der Waals surface area contributed by atoms with E-state index in [1.807, 2.05) is 24.3 Å². The average Bonchev–Trinajstić information content (AvgIpc) is 2.47. The first-order valence-corrected chi connectivity index (χ1v) is 7.47. The molecule has 1 aromatic carbocycles. The number of hydrogen-bond donors (Lipinski definition) is 3. The first-order chi connectivity index (χ1) is 10.1. The van der Waals surface area contributed by atoms with E-state index in [1.165, 1.54) is 0 Å².